The highest BCUT2D eigenvalue weighted by Crippen LogP contribution is 2.48. The normalized spacial score (nSPS) is 19.5. The van der Waals surface area contributed by atoms with Gasteiger partial charge in [-0.1, -0.05) is 0 Å². The Hall–Kier alpha value is -0.340. The van der Waals surface area contributed by atoms with Crippen molar-refractivity contribution in [3.63, 3.8) is 0 Å². The van der Waals surface area contributed by atoms with Gasteiger partial charge in [0.1, 0.15) is 0 Å². The van der Waals surface area contributed by atoms with Gasteiger partial charge in [0.2, 0.25) is 0 Å². The van der Waals surface area contributed by atoms with Gasteiger partial charge in [0.25, 0.3) is 0 Å². The first-order chi connectivity index (χ1) is 5.76. The zero-order valence-corrected chi connectivity index (χ0v) is 8.16. The predicted octanol–water partition coefficient (Wildman–Crippen LogP) is 2.37. The van der Waals surface area contributed by atoms with Gasteiger partial charge in [-0.15, -0.1) is 0 Å². The van der Waals surface area contributed by atoms with Crippen LogP contribution in [0.3, 0.4) is 0 Å². The number of rotatable bonds is 3. The van der Waals surface area contributed by atoms with Crippen molar-refractivity contribution in [1.29, 1.82) is 0 Å². The van der Waals surface area contributed by atoms with E-state index in [9.17, 15) is 0 Å². The molecule has 0 radical (unpaired) electrons. The van der Waals surface area contributed by atoms with Crippen LogP contribution in [0.2, 0.25) is 0 Å². The second-order valence-corrected chi connectivity index (χ2v) is 4.66. The Balaban J connectivity index is 2.08. The molecule has 2 rings (SSSR count). The lowest BCUT2D eigenvalue weighted by atomic mass is 9.97. The van der Waals surface area contributed by atoms with Crippen molar-refractivity contribution in [3.05, 3.63) is 21.9 Å². The Morgan fingerprint density at radius 2 is 2.25 bits per heavy atom. The Morgan fingerprint density at radius 1 is 1.50 bits per heavy atom. The third kappa shape index (κ3) is 1.41. The molecule has 0 aliphatic heterocycles. The van der Waals surface area contributed by atoms with Crippen molar-refractivity contribution < 1.29 is 5.11 Å². The molecule has 0 aromatic carbocycles. The van der Waals surface area contributed by atoms with E-state index >= 15 is 0 Å². The van der Waals surface area contributed by atoms with Crippen LogP contribution in [0.25, 0.3) is 0 Å². The fraction of sp³-hybridized carbons (Fsp3) is 0.600. The van der Waals surface area contributed by atoms with Crippen LogP contribution < -0.4 is 0 Å². The van der Waals surface area contributed by atoms with Gasteiger partial charge in [-0.25, -0.2) is 0 Å². The molecule has 0 unspecified atom stereocenters. The first kappa shape index (κ1) is 8.27. The monoisotopic (exact) mass is 182 g/mol. The van der Waals surface area contributed by atoms with Crippen LogP contribution in [0.5, 0.6) is 0 Å². The van der Waals surface area contributed by atoms with Gasteiger partial charge in [-0.2, -0.15) is 11.3 Å². The van der Waals surface area contributed by atoms with Crippen LogP contribution >= 0.6 is 11.3 Å². The molecular weight excluding hydrogens is 168 g/mol. The summed E-state index contributed by atoms with van der Waals surface area (Å²) in [6, 6.07) is 0. The van der Waals surface area contributed by atoms with Crippen molar-refractivity contribution >= 4 is 11.3 Å². The number of thiophene rings is 1. The molecule has 1 heterocycles. The first-order valence-corrected chi connectivity index (χ1v) is 5.33. The average Bonchev–Trinajstić information content (AvgIpc) is 2.74. The van der Waals surface area contributed by atoms with Crippen molar-refractivity contribution in [1.82, 2.24) is 0 Å². The smallest absolute Gasteiger partial charge is 0.0490 e. The van der Waals surface area contributed by atoms with Crippen LogP contribution in [-0.2, 0) is 6.42 Å². The molecule has 12 heavy (non-hydrogen) atoms. The van der Waals surface area contributed by atoms with Crippen molar-refractivity contribution in [3.8, 4) is 0 Å². The van der Waals surface area contributed by atoms with E-state index in [0.29, 0.717) is 6.61 Å². The topological polar surface area (TPSA) is 20.2 Å². The lowest BCUT2D eigenvalue weighted by Gasteiger charge is -2.10. The lowest BCUT2D eigenvalue weighted by molar-refractivity contribution is 0.211. The van der Waals surface area contributed by atoms with Crippen LogP contribution in [0, 0.1) is 12.3 Å². The van der Waals surface area contributed by atoms with Crippen LogP contribution in [-0.4, -0.2) is 11.7 Å². The van der Waals surface area contributed by atoms with Gasteiger partial charge in [0.15, 0.2) is 0 Å². The van der Waals surface area contributed by atoms with E-state index in [1.54, 1.807) is 11.3 Å². The van der Waals surface area contributed by atoms with E-state index in [4.69, 9.17) is 5.11 Å². The third-order valence-electron chi connectivity index (χ3n) is 2.82. The highest BCUT2D eigenvalue weighted by atomic mass is 32.1. The lowest BCUT2D eigenvalue weighted by Crippen LogP contribution is -2.09. The Kier molecular flexibility index (Phi) is 1.97. The molecule has 0 amide bonds. The van der Waals surface area contributed by atoms with Gasteiger partial charge in [-0.3, -0.25) is 0 Å². The largest absolute Gasteiger partial charge is 0.396 e. The Morgan fingerprint density at radius 3 is 2.67 bits per heavy atom. The van der Waals surface area contributed by atoms with Gasteiger partial charge >= 0.3 is 0 Å². The molecule has 0 atom stereocenters. The second-order valence-electron chi connectivity index (χ2n) is 3.91. The van der Waals surface area contributed by atoms with E-state index in [1.807, 2.05) is 0 Å². The molecule has 2 heteroatoms. The highest BCUT2D eigenvalue weighted by Gasteiger charge is 2.42. The quantitative estimate of drug-likeness (QED) is 0.761. The minimum absolute atomic E-state index is 0.270. The molecule has 1 aliphatic rings. The maximum Gasteiger partial charge on any atom is 0.0490 e. The molecule has 1 fully saturated rings. The van der Waals surface area contributed by atoms with Crippen LogP contribution in [0.15, 0.2) is 10.8 Å². The molecule has 1 aliphatic carbocycles. The van der Waals surface area contributed by atoms with Crippen molar-refractivity contribution in [2.75, 3.05) is 6.61 Å². The van der Waals surface area contributed by atoms with Gasteiger partial charge < -0.3 is 5.11 Å². The third-order valence-corrected chi connectivity index (χ3v) is 3.73. The molecule has 1 nitrogen and oxygen atoms in total. The minimum atomic E-state index is 0.270. The summed E-state index contributed by atoms with van der Waals surface area (Å²) < 4.78 is 0. The summed E-state index contributed by atoms with van der Waals surface area (Å²) in [4.78, 5) is 0. The highest BCUT2D eigenvalue weighted by molar-refractivity contribution is 7.08. The summed E-state index contributed by atoms with van der Waals surface area (Å²) in [6.07, 6.45) is 3.50. The number of aliphatic hydroxyl groups excluding tert-OH is 1. The molecule has 0 bridgehead atoms. The summed E-state index contributed by atoms with van der Waals surface area (Å²) in [5, 5.41) is 13.5. The number of aryl methyl sites for hydroxylation is 1. The second kappa shape index (κ2) is 2.86. The van der Waals surface area contributed by atoms with E-state index < -0.39 is 0 Å². The minimum Gasteiger partial charge on any atom is -0.396 e. The summed E-state index contributed by atoms with van der Waals surface area (Å²) >= 11 is 1.76. The number of hydrogen-bond donors (Lipinski definition) is 1. The van der Waals surface area contributed by atoms with Crippen LogP contribution in [0.4, 0.5) is 0 Å². The zero-order chi connectivity index (χ0) is 8.60. The van der Waals surface area contributed by atoms with E-state index in [1.165, 1.54) is 24.0 Å². The van der Waals surface area contributed by atoms with Crippen molar-refractivity contribution in [2.45, 2.75) is 26.2 Å². The molecule has 1 aromatic heterocycles. The van der Waals surface area contributed by atoms with E-state index in [-0.39, 0.29) is 5.41 Å². The fourth-order valence-electron chi connectivity index (χ4n) is 1.54. The standard InChI is InChI=1S/C10H14OS/c1-8-5-12-6-9(8)4-10(7-11)2-3-10/h5-6,11H,2-4,7H2,1H3. The van der Waals surface area contributed by atoms with E-state index in [0.717, 1.165) is 6.42 Å². The Bertz CT molecular complexity index is 273. The maximum atomic E-state index is 9.15. The zero-order valence-electron chi connectivity index (χ0n) is 7.34. The molecular formula is C10H14OS. The molecule has 1 saturated carbocycles. The SMILES string of the molecule is Cc1cscc1CC1(CO)CC1. The molecule has 0 saturated heterocycles. The summed E-state index contributed by atoms with van der Waals surface area (Å²) in [7, 11) is 0. The van der Waals surface area contributed by atoms with Crippen LogP contribution in [0.1, 0.15) is 24.0 Å². The molecule has 1 aromatic rings. The summed E-state index contributed by atoms with van der Waals surface area (Å²) in [6.45, 7) is 2.52. The van der Waals surface area contributed by atoms with Gasteiger partial charge in [-0.05, 0) is 53.5 Å². The number of aliphatic hydroxyl groups is 1. The maximum absolute atomic E-state index is 9.15. The Labute approximate surface area is 77.0 Å². The average molecular weight is 182 g/mol. The summed E-state index contributed by atoms with van der Waals surface area (Å²) in [5.41, 5.74) is 3.09. The molecule has 0 spiro atoms. The van der Waals surface area contributed by atoms with Crippen molar-refractivity contribution in [2.24, 2.45) is 5.41 Å². The first-order valence-electron chi connectivity index (χ1n) is 4.38. The van der Waals surface area contributed by atoms with Gasteiger partial charge in [0, 0.05) is 6.61 Å². The predicted molar refractivity (Wildman–Crippen MR) is 51.5 cm³/mol. The molecule has 1 N–H and O–H groups in total. The summed E-state index contributed by atoms with van der Waals surface area (Å²) in [5.74, 6) is 0. The van der Waals surface area contributed by atoms with E-state index in [2.05, 4.69) is 17.7 Å². The van der Waals surface area contributed by atoms with Gasteiger partial charge in [0.05, 0.1) is 0 Å². The fourth-order valence-corrected chi connectivity index (χ4v) is 2.40. The number of hydrogen-bond acceptors (Lipinski definition) is 2. The molecule has 66 valence electrons.